The van der Waals surface area contributed by atoms with E-state index in [4.69, 9.17) is 5.10 Å². The van der Waals surface area contributed by atoms with Crippen LogP contribution >= 0.6 is 0 Å². The number of amides is 1. The van der Waals surface area contributed by atoms with Crippen LogP contribution in [-0.4, -0.2) is 56.6 Å². The van der Waals surface area contributed by atoms with Crippen LogP contribution in [0.3, 0.4) is 0 Å². The van der Waals surface area contributed by atoms with Crippen LogP contribution in [0.25, 0.3) is 5.65 Å². The third-order valence-electron chi connectivity index (χ3n) is 4.57. The largest absolute Gasteiger partial charge is 0.388 e. The predicted octanol–water partition coefficient (Wildman–Crippen LogP) is 0.889. The second-order valence-corrected chi connectivity index (χ2v) is 7.83. The van der Waals surface area contributed by atoms with E-state index in [1.165, 1.54) is 0 Å². The standard InChI is InChI=1S/C17H26N6O2/c1-16(2,3)15-20-19-12-6-7-13(21-23(12)15)22-9-5-8-17(25,11-22)10-14(24)18-4/h6-7,25H,5,8-11H2,1-4H3,(H,18,24). The number of rotatable bonds is 3. The number of nitrogens with zero attached hydrogens (tertiary/aromatic N) is 5. The Bertz CT molecular complexity index is 781. The zero-order valence-electron chi connectivity index (χ0n) is 15.3. The first-order chi connectivity index (χ1) is 11.7. The van der Waals surface area contributed by atoms with E-state index in [9.17, 15) is 9.90 Å². The number of aromatic nitrogens is 4. The van der Waals surface area contributed by atoms with Crippen LogP contribution in [0.4, 0.5) is 5.82 Å². The monoisotopic (exact) mass is 346 g/mol. The minimum atomic E-state index is -1.03. The number of piperidine rings is 1. The van der Waals surface area contributed by atoms with E-state index in [0.29, 0.717) is 18.6 Å². The smallest absolute Gasteiger partial charge is 0.222 e. The molecule has 1 fully saturated rings. The molecule has 3 heterocycles. The van der Waals surface area contributed by atoms with Gasteiger partial charge < -0.3 is 15.3 Å². The molecule has 0 radical (unpaired) electrons. The van der Waals surface area contributed by atoms with Crippen molar-refractivity contribution < 1.29 is 9.90 Å². The molecule has 0 aliphatic carbocycles. The molecule has 136 valence electrons. The number of hydrogen-bond donors (Lipinski definition) is 2. The summed E-state index contributed by atoms with van der Waals surface area (Å²) in [6.45, 7) is 7.38. The highest BCUT2D eigenvalue weighted by atomic mass is 16.3. The van der Waals surface area contributed by atoms with Crippen molar-refractivity contribution in [3.05, 3.63) is 18.0 Å². The number of hydrogen-bond acceptors (Lipinski definition) is 6. The highest BCUT2D eigenvalue weighted by Crippen LogP contribution is 2.28. The molecule has 1 aliphatic heterocycles. The van der Waals surface area contributed by atoms with Crippen LogP contribution < -0.4 is 10.2 Å². The van der Waals surface area contributed by atoms with Gasteiger partial charge >= 0.3 is 0 Å². The lowest BCUT2D eigenvalue weighted by molar-refractivity contribution is -0.125. The average molecular weight is 346 g/mol. The molecule has 0 aromatic carbocycles. The Labute approximate surface area is 147 Å². The number of fused-ring (bicyclic) bond motifs is 1. The van der Waals surface area contributed by atoms with Crippen LogP contribution in [0.5, 0.6) is 0 Å². The van der Waals surface area contributed by atoms with Crippen molar-refractivity contribution in [1.29, 1.82) is 0 Å². The maximum Gasteiger partial charge on any atom is 0.222 e. The van der Waals surface area contributed by atoms with E-state index in [1.807, 2.05) is 17.0 Å². The van der Waals surface area contributed by atoms with Gasteiger partial charge in [0.2, 0.25) is 5.91 Å². The van der Waals surface area contributed by atoms with Gasteiger partial charge in [0.05, 0.1) is 12.0 Å². The molecule has 0 saturated carbocycles. The zero-order chi connectivity index (χ0) is 18.2. The summed E-state index contributed by atoms with van der Waals surface area (Å²) in [6, 6.07) is 3.78. The van der Waals surface area contributed by atoms with Gasteiger partial charge in [-0.25, -0.2) is 0 Å². The van der Waals surface area contributed by atoms with Gasteiger partial charge in [0.25, 0.3) is 0 Å². The quantitative estimate of drug-likeness (QED) is 0.857. The third-order valence-corrected chi connectivity index (χ3v) is 4.57. The molecule has 25 heavy (non-hydrogen) atoms. The Hall–Kier alpha value is -2.22. The van der Waals surface area contributed by atoms with Crippen molar-refractivity contribution in [2.75, 3.05) is 25.0 Å². The molecule has 1 aliphatic rings. The lowest BCUT2D eigenvalue weighted by atomic mass is 9.89. The molecule has 2 aromatic rings. The van der Waals surface area contributed by atoms with Gasteiger partial charge in [0, 0.05) is 25.6 Å². The summed E-state index contributed by atoms with van der Waals surface area (Å²) in [5.74, 6) is 1.40. The van der Waals surface area contributed by atoms with E-state index < -0.39 is 5.60 Å². The fraction of sp³-hybridized carbons (Fsp3) is 0.647. The molecule has 1 amide bonds. The topological polar surface area (TPSA) is 95.7 Å². The fourth-order valence-electron chi connectivity index (χ4n) is 3.26. The van der Waals surface area contributed by atoms with Gasteiger partial charge in [0.15, 0.2) is 11.5 Å². The van der Waals surface area contributed by atoms with Gasteiger partial charge in [0.1, 0.15) is 5.82 Å². The van der Waals surface area contributed by atoms with Crippen molar-refractivity contribution in [2.45, 2.75) is 51.0 Å². The first kappa shape index (κ1) is 17.6. The van der Waals surface area contributed by atoms with Crippen molar-refractivity contribution in [2.24, 2.45) is 0 Å². The molecule has 0 spiro atoms. The van der Waals surface area contributed by atoms with Crippen molar-refractivity contribution in [3.8, 4) is 0 Å². The minimum absolute atomic E-state index is 0.0993. The Kier molecular flexibility index (Phi) is 4.40. The summed E-state index contributed by atoms with van der Waals surface area (Å²) in [5.41, 5.74) is -0.506. The highest BCUT2D eigenvalue weighted by molar-refractivity contribution is 5.76. The van der Waals surface area contributed by atoms with E-state index in [-0.39, 0.29) is 17.7 Å². The molecular weight excluding hydrogens is 320 g/mol. The summed E-state index contributed by atoms with van der Waals surface area (Å²) in [5, 5.41) is 26.5. The van der Waals surface area contributed by atoms with Crippen molar-refractivity contribution in [1.82, 2.24) is 25.1 Å². The maximum absolute atomic E-state index is 11.7. The highest BCUT2D eigenvalue weighted by Gasteiger charge is 2.36. The van der Waals surface area contributed by atoms with E-state index in [2.05, 4.69) is 36.3 Å². The maximum atomic E-state index is 11.7. The Morgan fingerprint density at radius 1 is 1.36 bits per heavy atom. The SMILES string of the molecule is CNC(=O)CC1(O)CCCN(c2ccc3nnc(C(C)(C)C)n3n2)C1. The summed E-state index contributed by atoms with van der Waals surface area (Å²) in [4.78, 5) is 13.7. The number of carbonyl (C=O) groups is 1. The minimum Gasteiger partial charge on any atom is -0.388 e. The van der Waals surface area contributed by atoms with Gasteiger partial charge in [-0.15, -0.1) is 15.3 Å². The zero-order valence-corrected chi connectivity index (χ0v) is 15.3. The van der Waals surface area contributed by atoms with Crippen molar-refractivity contribution >= 4 is 17.4 Å². The van der Waals surface area contributed by atoms with Gasteiger partial charge in [-0.1, -0.05) is 20.8 Å². The number of carbonyl (C=O) groups excluding carboxylic acids is 1. The number of anilines is 1. The molecular formula is C17H26N6O2. The molecule has 2 N–H and O–H groups in total. The molecule has 1 unspecified atom stereocenters. The van der Waals surface area contributed by atoms with Crippen LogP contribution in [-0.2, 0) is 10.2 Å². The van der Waals surface area contributed by atoms with E-state index >= 15 is 0 Å². The third kappa shape index (κ3) is 3.58. The predicted molar refractivity (Wildman–Crippen MR) is 94.6 cm³/mol. The average Bonchev–Trinajstić information content (AvgIpc) is 2.97. The Balaban J connectivity index is 1.89. The summed E-state index contributed by atoms with van der Waals surface area (Å²) in [6.07, 6.45) is 1.52. The molecule has 1 saturated heterocycles. The normalized spacial score (nSPS) is 21.6. The number of aliphatic hydroxyl groups is 1. The second kappa shape index (κ2) is 6.25. The van der Waals surface area contributed by atoms with Crippen LogP contribution in [0.15, 0.2) is 12.1 Å². The number of nitrogens with one attached hydrogen (secondary N) is 1. The van der Waals surface area contributed by atoms with Crippen LogP contribution in [0.2, 0.25) is 0 Å². The lowest BCUT2D eigenvalue weighted by Crippen LogP contribution is -2.50. The molecule has 3 rings (SSSR count). The van der Waals surface area contributed by atoms with Gasteiger partial charge in [-0.05, 0) is 25.0 Å². The molecule has 2 aromatic heterocycles. The van der Waals surface area contributed by atoms with E-state index in [1.54, 1.807) is 11.6 Å². The van der Waals surface area contributed by atoms with Gasteiger partial charge in [-0.2, -0.15) is 4.52 Å². The van der Waals surface area contributed by atoms with Gasteiger partial charge in [-0.3, -0.25) is 4.79 Å². The Morgan fingerprint density at radius 3 is 2.80 bits per heavy atom. The molecule has 1 atom stereocenters. The summed E-state index contributed by atoms with van der Waals surface area (Å²) in [7, 11) is 1.59. The summed E-state index contributed by atoms with van der Waals surface area (Å²) >= 11 is 0. The second-order valence-electron chi connectivity index (χ2n) is 7.83. The molecule has 8 nitrogen and oxygen atoms in total. The van der Waals surface area contributed by atoms with E-state index in [0.717, 1.165) is 24.6 Å². The number of β-amino-alcohol motifs (C(OH)–C–C–N with tert-alkyl or cyclic N) is 1. The molecule has 8 heteroatoms. The first-order valence-corrected chi connectivity index (χ1v) is 8.63. The van der Waals surface area contributed by atoms with Crippen LogP contribution in [0, 0.1) is 0 Å². The Morgan fingerprint density at radius 2 is 2.12 bits per heavy atom. The first-order valence-electron chi connectivity index (χ1n) is 8.63. The summed E-state index contributed by atoms with van der Waals surface area (Å²) < 4.78 is 1.77. The lowest BCUT2D eigenvalue weighted by Gasteiger charge is -2.39. The fourth-order valence-corrected chi connectivity index (χ4v) is 3.26. The molecule has 0 bridgehead atoms. The van der Waals surface area contributed by atoms with Crippen LogP contribution in [0.1, 0.15) is 45.9 Å². The van der Waals surface area contributed by atoms with Crippen molar-refractivity contribution in [3.63, 3.8) is 0 Å².